The van der Waals surface area contributed by atoms with Crippen LogP contribution >= 0.6 is 11.6 Å². The Balaban J connectivity index is 1.94. The summed E-state index contributed by atoms with van der Waals surface area (Å²) in [5.74, 6) is 0.918. The molecule has 3 rings (SSSR count). The minimum absolute atomic E-state index is 0.0264. The first-order valence-corrected chi connectivity index (χ1v) is 7.31. The summed E-state index contributed by atoms with van der Waals surface area (Å²) in [5, 5.41) is 17.1. The number of aromatic amines is 1. The van der Waals surface area contributed by atoms with Crippen LogP contribution in [0.2, 0.25) is 5.02 Å². The number of hydrogen-bond acceptors (Lipinski definition) is 8. The van der Waals surface area contributed by atoms with E-state index in [9.17, 15) is 0 Å². The second kappa shape index (κ2) is 6.23. The predicted octanol–water partition coefficient (Wildman–Crippen LogP) is 1.49. The van der Waals surface area contributed by atoms with E-state index in [1.54, 1.807) is 18.2 Å². The molecule has 9 nitrogen and oxygen atoms in total. The first kappa shape index (κ1) is 15.3. The largest absolute Gasteiger partial charge is 0.398 e. The Hall–Kier alpha value is -2.65. The lowest BCUT2D eigenvalue weighted by Gasteiger charge is -2.11. The number of fused-ring (bicyclic) bond motifs is 1. The number of nitrogens with one attached hydrogen (secondary N) is 3. The maximum Gasteiger partial charge on any atom is 0.226 e. The zero-order valence-electron chi connectivity index (χ0n) is 12.3. The molecule has 1 aromatic carbocycles. The Morgan fingerprint density at radius 1 is 1.35 bits per heavy atom. The van der Waals surface area contributed by atoms with Crippen molar-refractivity contribution in [1.29, 1.82) is 0 Å². The van der Waals surface area contributed by atoms with E-state index in [-0.39, 0.29) is 6.04 Å². The van der Waals surface area contributed by atoms with E-state index in [0.29, 0.717) is 40.2 Å². The normalized spacial score (nSPS) is 12.3. The minimum Gasteiger partial charge on any atom is -0.398 e. The number of anilines is 4. The smallest absolute Gasteiger partial charge is 0.226 e. The Kier molecular flexibility index (Phi) is 4.13. The zero-order chi connectivity index (χ0) is 16.4. The standard InChI is InChI=1S/C13H16ClN9/c1-6(15)5-17-13-19-11(10-12(20-13)22-23-21-10)18-7-2-3-9(16)8(14)4-7/h2-4,6H,5,15-16H2,1H3,(H3,17,18,19,20,21,22,23). The highest BCUT2D eigenvalue weighted by atomic mass is 35.5. The number of halogens is 1. The zero-order valence-corrected chi connectivity index (χ0v) is 13.1. The molecule has 1 atom stereocenters. The van der Waals surface area contributed by atoms with Crippen LogP contribution in [0.4, 0.5) is 23.1 Å². The van der Waals surface area contributed by atoms with E-state index >= 15 is 0 Å². The molecule has 3 aromatic rings. The maximum atomic E-state index is 6.03. The summed E-state index contributed by atoms with van der Waals surface area (Å²) in [6, 6.07) is 5.19. The average molecular weight is 334 g/mol. The van der Waals surface area contributed by atoms with Crippen LogP contribution in [0.5, 0.6) is 0 Å². The van der Waals surface area contributed by atoms with E-state index < -0.39 is 0 Å². The summed E-state index contributed by atoms with van der Waals surface area (Å²) in [5.41, 5.74) is 13.7. The van der Waals surface area contributed by atoms with Crippen molar-refractivity contribution in [3.63, 3.8) is 0 Å². The van der Waals surface area contributed by atoms with E-state index in [2.05, 4.69) is 36.0 Å². The molecule has 0 amide bonds. The summed E-state index contributed by atoms with van der Waals surface area (Å²) in [4.78, 5) is 8.70. The highest BCUT2D eigenvalue weighted by Crippen LogP contribution is 2.27. The van der Waals surface area contributed by atoms with Gasteiger partial charge in [0.1, 0.15) is 0 Å². The van der Waals surface area contributed by atoms with Gasteiger partial charge in [-0.05, 0) is 25.1 Å². The van der Waals surface area contributed by atoms with Gasteiger partial charge >= 0.3 is 0 Å². The molecule has 0 spiro atoms. The number of nitrogens with two attached hydrogens (primary N) is 2. The van der Waals surface area contributed by atoms with Crippen LogP contribution in [-0.4, -0.2) is 38.0 Å². The van der Waals surface area contributed by atoms with Gasteiger partial charge in [0.15, 0.2) is 17.0 Å². The van der Waals surface area contributed by atoms with Crippen molar-refractivity contribution in [2.24, 2.45) is 5.73 Å². The van der Waals surface area contributed by atoms with Gasteiger partial charge in [-0.1, -0.05) is 16.8 Å². The summed E-state index contributed by atoms with van der Waals surface area (Å²) < 4.78 is 0. The minimum atomic E-state index is -0.0264. The fourth-order valence-electron chi connectivity index (χ4n) is 1.91. The predicted molar refractivity (Wildman–Crippen MR) is 90.8 cm³/mol. The van der Waals surface area contributed by atoms with E-state index in [4.69, 9.17) is 23.1 Å². The first-order valence-electron chi connectivity index (χ1n) is 6.93. The average Bonchev–Trinajstić information content (AvgIpc) is 2.97. The van der Waals surface area contributed by atoms with Gasteiger partial charge in [-0.3, -0.25) is 0 Å². The van der Waals surface area contributed by atoms with Crippen molar-refractivity contribution in [2.45, 2.75) is 13.0 Å². The molecule has 0 aliphatic rings. The quantitative estimate of drug-likeness (QED) is 0.442. The molecule has 10 heteroatoms. The Labute approximate surface area is 136 Å². The topological polar surface area (TPSA) is 143 Å². The number of benzene rings is 1. The lowest BCUT2D eigenvalue weighted by atomic mass is 10.3. The molecule has 2 aromatic heterocycles. The number of rotatable bonds is 5. The van der Waals surface area contributed by atoms with Gasteiger partial charge in [-0.25, -0.2) is 5.10 Å². The fraction of sp³-hybridized carbons (Fsp3) is 0.231. The second-order valence-corrected chi connectivity index (χ2v) is 5.53. The van der Waals surface area contributed by atoms with Gasteiger partial charge < -0.3 is 22.1 Å². The molecule has 23 heavy (non-hydrogen) atoms. The van der Waals surface area contributed by atoms with Crippen molar-refractivity contribution in [1.82, 2.24) is 25.4 Å². The molecule has 1 unspecified atom stereocenters. The molecule has 0 bridgehead atoms. The van der Waals surface area contributed by atoms with Crippen molar-refractivity contribution < 1.29 is 0 Å². The molecular formula is C13H16ClN9. The van der Waals surface area contributed by atoms with Gasteiger partial charge in [0.25, 0.3) is 0 Å². The van der Waals surface area contributed by atoms with Crippen LogP contribution < -0.4 is 22.1 Å². The molecule has 0 fully saturated rings. The van der Waals surface area contributed by atoms with Crippen molar-refractivity contribution in [3.05, 3.63) is 23.2 Å². The highest BCUT2D eigenvalue weighted by molar-refractivity contribution is 6.33. The van der Waals surface area contributed by atoms with Gasteiger partial charge in [0.05, 0.1) is 10.7 Å². The van der Waals surface area contributed by atoms with Gasteiger partial charge in [-0.15, -0.1) is 5.10 Å². The number of nitrogens with zero attached hydrogens (tertiary/aromatic N) is 4. The monoisotopic (exact) mass is 333 g/mol. The maximum absolute atomic E-state index is 6.03. The third kappa shape index (κ3) is 3.41. The van der Waals surface area contributed by atoms with Crippen LogP contribution in [0.1, 0.15) is 6.92 Å². The molecule has 0 aliphatic carbocycles. The number of H-pyrrole nitrogens is 1. The molecule has 7 N–H and O–H groups in total. The van der Waals surface area contributed by atoms with Crippen LogP contribution in [0.3, 0.4) is 0 Å². The van der Waals surface area contributed by atoms with Crippen LogP contribution in [0.15, 0.2) is 18.2 Å². The first-order chi connectivity index (χ1) is 11.0. The van der Waals surface area contributed by atoms with E-state index in [0.717, 1.165) is 5.69 Å². The summed E-state index contributed by atoms with van der Waals surface area (Å²) in [6.07, 6.45) is 0. The Morgan fingerprint density at radius 2 is 2.17 bits per heavy atom. The number of hydrogen-bond donors (Lipinski definition) is 5. The third-order valence-electron chi connectivity index (χ3n) is 3.04. The molecule has 0 saturated heterocycles. The summed E-state index contributed by atoms with van der Waals surface area (Å²) in [7, 11) is 0. The highest BCUT2D eigenvalue weighted by Gasteiger charge is 2.12. The lowest BCUT2D eigenvalue weighted by molar-refractivity contribution is 0.774. The molecule has 0 radical (unpaired) electrons. The van der Waals surface area contributed by atoms with Gasteiger partial charge in [-0.2, -0.15) is 9.97 Å². The van der Waals surface area contributed by atoms with E-state index in [1.807, 2.05) is 6.92 Å². The Morgan fingerprint density at radius 3 is 2.91 bits per heavy atom. The SMILES string of the molecule is CC(N)CNc1nc(Nc2ccc(N)c(Cl)c2)c2nn[nH]c2n1. The second-order valence-electron chi connectivity index (χ2n) is 5.12. The third-order valence-corrected chi connectivity index (χ3v) is 3.36. The summed E-state index contributed by atoms with van der Waals surface area (Å²) >= 11 is 6.03. The molecule has 120 valence electrons. The van der Waals surface area contributed by atoms with Crippen LogP contribution in [-0.2, 0) is 0 Å². The molecule has 2 heterocycles. The summed E-state index contributed by atoms with van der Waals surface area (Å²) in [6.45, 7) is 2.43. The molecular weight excluding hydrogens is 318 g/mol. The van der Waals surface area contributed by atoms with Crippen molar-refractivity contribution >= 4 is 45.9 Å². The van der Waals surface area contributed by atoms with E-state index in [1.165, 1.54) is 0 Å². The molecule has 0 saturated carbocycles. The lowest BCUT2D eigenvalue weighted by Crippen LogP contribution is -2.26. The fourth-order valence-corrected chi connectivity index (χ4v) is 2.09. The molecule has 0 aliphatic heterocycles. The van der Waals surface area contributed by atoms with Crippen molar-refractivity contribution in [2.75, 3.05) is 22.9 Å². The van der Waals surface area contributed by atoms with Gasteiger partial charge in [0.2, 0.25) is 5.95 Å². The van der Waals surface area contributed by atoms with Crippen molar-refractivity contribution in [3.8, 4) is 0 Å². The number of aromatic nitrogens is 5. The van der Waals surface area contributed by atoms with Crippen LogP contribution in [0, 0.1) is 0 Å². The number of nitrogen functional groups attached to an aromatic ring is 1. The Bertz CT molecular complexity index is 829. The van der Waals surface area contributed by atoms with Gasteiger partial charge in [0, 0.05) is 18.3 Å². The van der Waals surface area contributed by atoms with Crippen LogP contribution in [0.25, 0.3) is 11.2 Å².